The molecule has 1 unspecified atom stereocenters. The number of hydrogen-bond donors (Lipinski definition) is 1. The molecule has 3 nitrogen and oxygen atoms in total. The minimum Gasteiger partial charge on any atom is -0.307 e. The first-order valence-corrected chi connectivity index (χ1v) is 6.58. The molecule has 13 heavy (non-hydrogen) atoms. The topological polar surface area (TPSA) is 37.8 Å². The lowest BCUT2D eigenvalue weighted by Gasteiger charge is -2.14. The Labute approximate surface area is 87.5 Å². The van der Waals surface area contributed by atoms with Gasteiger partial charge in [-0.15, -0.1) is 5.10 Å². The van der Waals surface area contributed by atoms with E-state index in [1.165, 1.54) is 18.0 Å². The molecule has 1 N–H and O–H groups in total. The summed E-state index contributed by atoms with van der Waals surface area (Å²) in [5.41, 5.74) is 1.05. The van der Waals surface area contributed by atoms with Gasteiger partial charge in [-0.05, 0) is 24.2 Å². The quantitative estimate of drug-likeness (QED) is 0.788. The lowest BCUT2D eigenvalue weighted by atomic mass is 10.2. The maximum atomic E-state index is 3.98. The summed E-state index contributed by atoms with van der Waals surface area (Å²) in [6.45, 7) is 3.04. The summed E-state index contributed by atoms with van der Waals surface area (Å²) in [6, 6.07) is 0.594. The molecule has 0 bridgehead atoms. The van der Waals surface area contributed by atoms with Crippen LogP contribution in [-0.4, -0.2) is 27.6 Å². The number of nitrogens with zero attached hydrogens (tertiary/aromatic N) is 2. The van der Waals surface area contributed by atoms with Gasteiger partial charge in [0, 0.05) is 23.7 Å². The number of aromatic nitrogens is 2. The van der Waals surface area contributed by atoms with Crippen LogP contribution in [0.2, 0.25) is 0 Å². The first-order chi connectivity index (χ1) is 6.36. The van der Waals surface area contributed by atoms with Crippen molar-refractivity contribution in [2.75, 3.05) is 12.0 Å². The third kappa shape index (κ3) is 4.06. The molecule has 0 amide bonds. The smallest absolute Gasteiger partial charge is 0.0893 e. The summed E-state index contributed by atoms with van der Waals surface area (Å²) in [6.07, 6.45) is 3.30. The van der Waals surface area contributed by atoms with Crippen LogP contribution in [0.25, 0.3) is 0 Å². The molecule has 1 aromatic rings. The van der Waals surface area contributed by atoms with Crippen molar-refractivity contribution in [3.8, 4) is 0 Å². The Morgan fingerprint density at radius 1 is 1.69 bits per heavy atom. The summed E-state index contributed by atoms with van der Waals surface area (Å²) in [7, 11) is 0. The molecule has 74 valence electrons. The highest BCUT2D eigenvalue weighted by Crippen LogP contribution is 2.03. The SMILES string of the molecule is CCC(CSC)NCc1csnn1. The first kappa shape index (κ1) is 10.9. The molecule has 0 fully saturated rings. The second-order valence-electron chi connectivity index (χ2n) is 2.84. The monoisotopic (exact) mass is 217 g/mol. The molecular formula is C8H15N3S2. The zero-order chi connectivity index (χ0) is 9.52. The van der Waals surface area contributed by atoms with E-state index in [4.69, 9.17) is 0 Å². The lowest BCUT2D eigenvalue weighted by molar-refractivity contribution is 0.535. The van der Waals surface area contributed by atoms with Crippen molar-refractivity contribution in [3.05, 3.63) is 11.1 Å². The molecule has 0 saturated heterocycles. The van der Waals surface area contributed by atoms with Crippen LogP contribution in [-0.2, 0) is 6.54 Å². The van der Waals surface area contributed by atoms with Crippen molar-refractivity contribution in [2.24, 2.45) is 0 Å². The maximum absolute atomic E-state index is 3.98. The Morgan fingerprint density at radius 3 is 3.08 bits per heavy atom. The Bertz CT molecular complexity index is 213. The highest BCUT2D eigenvalue weighted by atomic mass is 32.2. The molecule has 0 spiro atoms. The number of rotatable bonds is 6. The molecular weight excluding hydrogens is 202 g/mol. The molecule has 0 aliphatic carbocycles. The molecule has 0 aromatic carbocycles. The van der Waals surface area contributed by atoms with E-state index in [0.29, 0.717) is 6.04 Å². The molecule has 0 aliphatic heterocycles. The minimum absolute atomic E-state index is 0.594. The third-order valence-electron chi connectivity index (χ3n) is 1.84. The highest BCUT2D eigenvalue weighted by Gasteiger charge is 2.04. The molecule has 5 heteroatoms. The van der Waals surface area contributed by atoms with Crippen LogP contribution in [0.15, 0.2) is 5.38 Å². The standard InChI is InChI=1S/C8H15N3S2/c1-3-7(5-12-2)9-4-8-6-13-11-10-8/h6-7,9H,3-5H2,1-2H3. The number of nitrogens with one attached hydrogen (secondary N) is 1. The molecule has 0 aliphatic rings. The summed E-state index contributed by atoms with van der Waals surface area (Å²) in [5, 5.41) is 9.42. The summed E-state index contributed by atoms with van der Waals surface area (Å²) in [5.74, 6) is 1.16. The van der Waals surface area contributed by atoms with Crippen LogP contribution in [0.3, 0.4) is 0 Å². The van der Waals surface area contributed by atoms with Gasteiger partial charge in [-0.2, -0.15) is 11.8 Å². The highest BCUT2D eigenvalue weighted by molar-refractivity contribution is 7.98. The Hall–Kier alpha value is -0.130. The fourth-order valence-electron chi connectivity index (χ4n) is 1.03. The van der Waals surface area contributed by atoms with Gasteiger partial charge in [0.1, 0.15) is 0 Å². The van der Waals surface area contributed by atoms with E-state index >= 15 is 0 Å². The van der Waals surface area contributed by atoms with E-state index in [2.05, 4.69) is 28.1 Å². The van der Waals surface area contributed by atoms with Crippen LogP contribution < -0.4 is 5.32 Å². The van der Waals surface area contributed by atoms with Gasteiger partial charge in [0.15, 0.2) is 0 Å². The van der Waals surface area contributed by atoms with E-state index in [0.717, 1.165) is 18.0 Å². The molecule has 0 saturated carbocycles. The zero-order valence-electron chi connectivity index (χ0n) is 7.99. The summed E-state index contributed by atoms with van der Waals surface area (Å²) >= 11 is 3.28. The van der Waals surface area contributed by atoms with Gasteiger partial charge in [0.2, 0.25) is 0 Å². The van der Waals surface area contributed by atoms with Crippen LogP contribution >= 0.6 is 23.3 Å². The van der Waals surface area contributed by atoms with E-state index in [1.807, 2.05) is 17.1 Å². The molecule has 1 rings (SSSR count). The van der Waals surface area contributed by atoms with Crippen molar-refractivity contribution in [2.45, 2.75) is 25.9 Å². The average Bonchev–Trinajstić information content (AvgIpc) is 2.64. The predicted octanol–water partition coefficient (Wildman–Crippen LogP) is 1.77. The molecule has 1 atom stereocenters. The Morgan fingerprint density at radius 2 is 2.54 bits per heavy atom. The molecule has 0 radical (unpaired) electrons. The normalized spacial score (nSPS) is 13.1. The lowest BCUT2D eigenvalue weighted by Crippen LogP contribution is -2.30. The minimum atomic E-state index is 0.594. The van der Waals surface area contributed by atoms with Crippen molar-refractivity contribution in [1.29, 1.82) is 0 Å². The van der Waals surface area contributed by atoms with Crippen molar-refractivity contribution < 1.29 is 0 Å². The third-order valence-corrected chi connectivity index (χ3v) is 3.13. The van der Waals surface area contributed by atoms with Crippen molar-refractivity contribution >= 4 is 23.3 Å². The van der Waals surface area contributed by atoms with E-state index in [1.54, 1.807) is 0 Å². The Kier molecular flexibility index (Phi) is 5.34. The van der Waals surface area contributed by atoms with Gasteiger partial charge in [-0.25, -0.2) is 0 Å². The molecule has 1 heterocycles. The van der Waals surface area contributed by atoms with Gasteiger partial charge >= 0.3 is 0 Å². The van der Waals surface area contributed by atoms with Crippen LogP contribution in [0, 0.1) is 0 Å². The Balaban J connectivity index is 2.23. The van der Waals surface area contributed by atoms with E-state index < -0.39 is 0 Å². The van der Waals surface area contributed by atoms with Gasteiger partial charge < -0.3 is 5.32 Å². The fraction of sp³-hybridized carbons (Fsp3) is 0.750. The first-order valence-electron chi connectivity index (χ1n) is 4.35. The maximum Gasteiger partial charge on any atom is 0.0893 e. The van der Waals surface area contributed by atoms with E-state index in [9.17, 15) is 0 Å². The van der Waals surface area contributed by atoms with Gasteiger partial charge in [0.25, 0.3) is 0 Å². The fourth-order valence-corrected chi connectivity index (χ4v) is 2.24. The van der Waals surface area contributed by atoms with Gasteiger partial charge in [-0.1, -0.05) is 11.4 Å². The van der Waals surface area contributed by atoms with Crippen molar-refractivity contribution in [1.82, 2.24) is 14.9 Å². The van der Waals surface area contributed by atoms with E-state index in [-0.39, 0.29) is 0 Å². The van der Waals surface area contributed by atoms with Crippen molar-refractivity contribution in [3.63, 3.8) is 0 Å². The number of hydrogen-bond acceptors (Lipinski definition) is 5. The number of thioether (sulfide) groups is 1. The van der Waals surface area contributed by atoms with Crippen LogP contribution in [0.5, 0.6) is 0 Å². The zero-order valence-corrected chi connectivity index (χ0v) is 9.62. The largest absolute Gasteiger partial charge is 0.307 e. The second-order valence-corrected chi connectivity index (χ2v) is 4.36. The molecule has 1 aromatic heterocycles. The van der Waals surface area contributed by atoms with Crippen LogP contribution in [0.1, 0.15) is 19.0 Å². The summed E-state index contributed by atoms with van der Waals surface area (Å²) in [4.78, 5) is 0. The van der Waals surface area contributed by atoms with Crippen LogP contribution in [0.4, 0.5) is 0 Å². The van der Waals surface area contributed by atoms with Gasteiger partial charge in [0.05, 0.1) is 5.69 Å². The van der Waals surface area contributed by atoms with Gasteiger partial charge in [-0.3, -0.25) is 0 Å². The average molecular weight is 217 g/mol. The predicted molar refractivity (Wildman–Crippen MR) is 59.2 cm³/mol. The summed E-state index contributed by atoms with van der Waals surface area (Å²) < 4.78 is 3.82. The second kappa shape index (κ2) is 6.34.